The second-order valence-electron chi connectivity index (χ2n) is 14.3. The Kier molecular flexibility index (Phi) is 18.3. The molecule has 0 saturated heterocycles. The number of carbonyl (C=O) groups is 5. The van der Waals surface area contributed by atoms with E-state index in [1.807, 2.05) is 90.1 Å². The third kappa shape index (κ3) is 15.0. The second-order valence-corrected chi connectivity index (χ2v) is 14.3. The first-order valence-electron chi connectivity index (χ1n) is 18.4. The van der Waals surface area contributed by atoms with E-state index in [4.69, 9.17) is 5.11 Å². The summed E-state index contributed by atoms with van der Waals surface area (Å²) < 4.78 is 0. The van der Waals surface area contributed by atoms with Crippen LogP contribution < -0.4 is 10.6 Å². The summed E-state index contributed by atoms with van der Waals surface area (Å²) in [7, 11) is 0. The van der Waals surface area contributed by atoms with E-state index >= 15 is 0 Å². The summed E-state index contributed by atoms with van der Waals surface area (Å²) in [5.74, 6) is -2.65. The smallest absolute Gasteiger partial charge is 0.337 e. The maximum Gasteiger partial charge on any atom is 0.337 e. The predicted molar refractivity (Wildman–Crippen MR) is 212 cm³/mol. The number of rotatable bonds is 19. The first kappa shape index (κ1) is 44.9. The first-order chi connectivity index (χ1) is 25.5. The molecule has 11 nitrogen and oxygen atoms in total. The van der Waals surface area contributed by atoms with E-state index in [1.165, 1.54) is 31.2 Å². The number of carboxylic acid groups (broad SMARTS) is 1. The van der Waals surface area contributed by atoms with Crippen LogP contribution in [0.4, 0.5) is 0 Å². The van der Waals surface area contributed by atoms with Crippen molar-refractivity contribution in [2.75, 3.05) is 13.1 Å². The number of benzene rings is 2. The van der Waals surface area contributed by atoms with Crippen molar-refractivity contribution in [3.8, 4) is 0 Å². The number of amides is 4. The number of hydrogen-bond acceptors (Lipinski definition) is 6. The Morgan fingerprint density at radius 1 is 0.852 bits per heavy atom. The van der Waals surface area contributed by atoms with E-state index in [2.05, 4.69) is 17.6 Å². The topological polar surface area (TPSA) is 156 Å². The Morgan fingerprint density at radius 2 is 1.48 bits per heavy atom. The zero-order valence-corrected chi connectivity index (χ0v) is 33.0. The van der Waals surface area contributed by atoms with Crippen LogP contribution in [0.25, 0.3) is 6.08 Å². The fraction of sp³-hybridized carbons (Fsp3) is 0.419. The average molecular weight is 743 g/mol. The van der Waals surface area contributed by atoms with Gasteiger partial charge in [-0.3, -0.25) is 19.2 Å². The van der Waals surface area contributed by atoms with Crippen molar-refractivity contribution in [3.63, 3.8) is 0 Å². The minimum atomic E-state index is -1.65. The van der Waals surface area contributed by atoms with Gasteiger partial charge in [-0.1, -0.05) is 113 Å². The van der Waals surface area contributed by atoms with Gasteiger partial charge < -0.3 is 30.6 Å². The summed E-state index contributed by atoms with van der Waals surface area (Å²) in [4.78, 5) is 67.7. The maximum atomic E-state index is 14.4. The lowest BCUT2D eigenvalue weighted by atomic mass is 9.85. The molecule has 0 aromatic heterocycles. The number of unbranched alkanes of at least 4 members (excludes halogenated alkanes) is 2. The van der Waals surface area contributed by atoms with Gasteiger partial charge in [0.05, 0.1) is 6.54 Å². The molecular weight excluding hydrogens is 684 g/mol. The molecule has 0 bridgehead atoms. The Morgan fingerprint density at radius 3 is 2.02 bits per heavy atom. The first-order valence-corrected chi connectivity index (χ1v) is 18.4. The van der Waals surface area contributed by atoms with Gasteiger partial charge in [0.1, 0.15) is 12.6 Å². The highest BCUT2D eigenvalue weighted by Gasteiger charge is 2.36. The van der Waals surface area contributed by atoms with Crippen molar-refractivity contribution < 1.29 is 34.2 Å². The summed E-state index contributed by atoms with van der Waals surface area (Å²) in [6.07, 6.45) is 11.3. The van der Waals surface area contributed by atoms with E-state index in [0.717, 1.165) is 29.5 Å². The molecule has 2 atom stereocenters. The molecule has 0 spiro atoms. The highest BCUT2D eigenvalue weighted by Crippen LogP contribution is 2.23. The highest BCUT2D eigenvalue weighted by molar-refractivity contribution is 5.96. The van der Waals surface area contributed by atoms with Gasteiger partial charge >= 0.3 is 5.97 Å². The molecule has 54 heavy (non-hydrogen) atoms. The van der Waals surface area contributed by atoms with Crippen LogP contribution in [-0.2, 0) is 37.1 Å². The summed E-state index contributed by atoms with van der Waals surface area (Å²) in [6, 6.07) is 12.8. The second kappa shape index (κ2) is 22.0. The standard InChI is InChI=1S/C43H58N4O7/c1-9-12-13-26-46(41(52)40(43(6,7)8)45-37(49)25-21-32-19-22-35(23-20-32)39(51)42(53)54)29-38(50)47(36(11-3)24-14-30(4)10-2)28-34-17-15-33(16-18-34)27-44-31(5)48/h10-11,14-25,39-40,51H,9,12-13,26-29H2,1-8H3,(H,44,48)(H,45,49)(H,53,54)/b24-14-,25-21+,30-10-,36-11+. The molecule has 2 unspecified atom stereocenters. The Hall–Kier alpha value is -5.29. The van der Waals surface area contributed by atoms with E-state index in [9.17, 15) is 29.1 Å². The lowest BCUT2D eigenvalue weighted by Gasteiger charge is -2.35. The van der Waals surface area contributed by atoms with Crippen LogP contribution in [-0.4, -0.2) is 68.7 Å². The van der Waals surface area contributed by atoms with Gasteiger partial charge in [0.25, 0.3) is 0 Å². The third-order valence-electron chi connectivity index (χ3n) is 8.77. The number of aliphatic hydroxyl groups is 1. The number of allylic oxidation sites excluding steroid dienone is 5. The van der Waals surface area contributed by atoms with Crippen LogP contribution in [0.5, 0.6) is 0 Å². The molecule has 0 aliphatic rings. The van der Waals surface area contributed by atoms with Crippen LogP contribution in [0, 0.1) is 5.41 Å². The molecule has 292 valence electrons. The highest BCUT2D eigenvalue weighted by atomic mass is 16.4. The van der Waals surface area contributed by atoms with Crippen molar-refractivity contribution >= 4 is 35.7 Å². The molecule has 0 radical (unpaired) electrons. The number of aliphatic carboxylic acids is 1. The molecule has 0 heterocycles. The fourth-order valence-corrected chi connectivity index (χ4v) is 5.34. The number of aliphatic hydroxyl groups excluding tert-OH is 1. The van der Waals surface area contributed by atoms with Crippen molar-refractivity contribution in [1.29, 1.82) is 0 Å². The predicted octanol–water partition coefficient (Wildman–Crippen LogP) is 6.46. The van der Waals surface area contributed by atoms with Gasteiger partial charge in [0.15, 0.2) is 6.10 Å². The number of nitrogens with one attached hydrogen (secondary N) is 2. The van der Waals surface area contributed by atoms with Gasteiger partial charge in [0, 0.05) is 31.8 Å². The normalized spacial score (nSPS) is 13.4. The quantitative estimate of drug-likeness (QED) is 0.0732. The Labute approximate surface area is 320 Å². The van der Waals surface area contributed by atoms with Crippen LogP contribution in [0.3, 0.4) is 0 Å². The molecule has 2 rings (SSSR count). The largest absolute Gasteiger partial charge is 0.479 e. The SMILES string of the molecule is C\C=C(C)/C=C\C(=C/C)N(Cc1ccc(CNC(C)=O)cc1)C(=O)CN(CCCCC)C(=O)C(NC(=O)/C=C/c1ccc(C(O)C(=O)O)cc1)C(C)(C)C. The third-order valence-corrected chi connectivity index (χ3v) is 8.77. The van der Waals surface area contributed by atoms with E-state index in [1.54, 1.807) is 21.9 Å². The number of carboxylic acids is 1. The summed E-state index contributed by atoms with van der Waals surface area (Å²) in [6.45, 7) is 15.6. The molecule has 4 amide bonds. The van der Waals surface area contributed by atoms with Gasteiger partial charge in [-0.2, -0.15) is 0 Å². The lowest BCUT2D eigenvalue weighted by Crippen LogP contribution is -2.56. The number of nitrogens with zero attached hydrogens (tertiary/aromatic N) is 2. The summed E-state index contributed by atoms with van der Waals surface area (Å²) >= 11 is 0. The molecule has 2 aromatic carbocycles. The molecule has 0 aliphatic heterocycles. The van der Waals surface area contributed by atoms with Crippen molar-refractivity contribution in [2.45, 2.75) is 99.9 Å². The van der Waals surface area contributed by atoms with Crippen LogP contribution in [0.15, 0.2) is 90.2 Å². The van der Waals surface area contributed by atoms with Crippen molar-refractivity contribution in [1.82, 2.24) is 20.4 Å². The monoisotopic (exact) mass is 742 g/mol. The molecule has 4 N–H and O–H groups in total. The van der Waals surface area contributed by atoms with Gasteiger partial charge in [-0.05, 0) is 67.0 Å². The van der Waals surface area contributed by atoms with Gasteiger partial charge in [-0.15, -0.1) is 0 Å². The van der Waals surface area contributed by atoms with E-state index in [-0.39, 0.29) is 36.4 Å². The maximum absolute atomic E-state index is 14.4. The Bertz CT molecular complexity index is 1700. The minimum absolute atomic E-state index is 0.122. The average Bonchev–Trinajstić information content (AvgIpc) is 3.14. The van der Waals surface area contributed by atoms with E-state index in [0.29, 0.717) is 30.8 Å². The summed E-state index contributed by atoms with van der Waals surface area (Å²) in [5.41, 5.74) is 3.58. The summed E-state index contributed by atoms with van der Waals surface area (Å²) in [5, 5.41) is 24.5. The lowest BCUT2D eigenvalue weighted by molar-refractivity contribution is -0.147. The van der Waals surface area contributed by atoms with Crippen LogP contribution in [0.2, 0.25) is 0 Å². The molecular formula is C43H58N4O7. The zero-order chi connectivity index (χ0) is 40.4. The van der Waals surface area contributed by atoms with Crippen molar-refractivity contribution in [3.05, 3.63) is 112 Å². The number of hydrogen-bond donors (Lipinski definition) is 4. The van der Waals surface area contributed by atoms with Crippen LogP contribution in [0.1, 0.15) is 103 Å². The molecule has 0 fully saturated rings. The van der Waals surface area contributed by atoms with Crippen molar-refractivity contribution in [2.24, 2.45) is 5.41 Å². The molecule has 2 aromatic rings. The molecule has 0 aliphatic carbocycles. The molecule has 0 saturated carbocycles. The molecule has 11 heteroatoms. The van der Waals surface area contributed by atoms with E-state index < -0.39 is 29.4 Å². The van der Waals surface area contributed by atoms with Gasteiger partial charge in [0.2, 0.25) is 23.6 Å². The minimum Gasteiger partial charge on any atom is -0.479 e. The van der Waals surface area contributed by atoms with Crippen LogP contribution >= 0.6 is 0 Å². The zero-order valence-electron chi connectivity index (χ0n) is 33.0. The fourth-order valence-electron chi connectivity index (χ4n) is 5.34. The Balaban J connectivity index is 2.41. The number of carbonyl (C=O) groups excluding carboxylic acids is 4. The van der Waals surface area contributed by atoms with Gasteiger partial charge in [-0.25, -0.2) is 4.79 Å².